The van der Waals surface area contributed by atoms with Gasteiger partial charge in [-0.1, -0.05) is 19.9 Å². The fraction of sp³-hybridized carbons (Fsp3) is 0.375. The fourth-order valence-electron chi connectivity index (χ4n) is 3.44. The van der Waals surface area contributed by atoms with Gasteiger partial charge in [0.25, 0.3) is 0 Å². The van der Waals surface area contributed by atoms with E-state index in [1.54, 1.807) is 7.05 Å². The number of fused-ring (bicyclic) bond motifs is 1. The number of rotatable bonds is 4. The zero-order valence-corrected chi connectivity index (χ0v) is 19.1. The summed E-state index contributed by atoms with van der Waals surface area (Å²) in [6, 6.07) is 8.30. The van der Waals surface area contributed by atoms with Gasteiger partial charge >= 0.3 is 5.97 Å². The summed E-state index contributed by atoms with van der Waals surface area (Å²) in [4.78, 5) is 16.5. The molecule has 0 saturated carbocycles. The number of carbonyl (C=O) groups is 1. The molecule has 166 valence electrons. The molecule has 0 atom stereocenters. The lowest BCUT2D eigenvalue weighted by Gasteiger charge is -2.21. The second-order valence-corrected chi connectivity index (χ2v) is 7.07. The number of aromatic carboxylic acids is 1. The molecule has 3 aromatic rings. The first-order valence-corrected chi connectivity index (χ1v) is 10.7. The molecular weight excluding hydrogens is 390 g/mol. The smallest absolute Gasteiger partial charge is 0.337 e. The Labute approximate surface area is 184 Å². The van der Waals surface area contributed by atoms with Gasteiger partial charge in [0.1, 0.15) is 0 Å². The monoisotopic (exact) mass is 423 g/mol. The van der Waals surface area contributed by atoms with Crippen LogP contribution in [-0.2, 0) is 19.9 Å². The molecule has 0 fully saturated rings. The van der Waals surface area contributed by atoms with Crippen LogP contribution in [0.15, 0.2) is 49.1 Å². The van der Waals surface area contributed by atoms with Crippen LogP contribution in [0.2, 0.25) is 0 Å². The first-order valence-electron chi connectivity index (χ1n) is 10.7. The van der Waals surface area contributed by atoms with E-state index in [1.165, 1.54) is 61.0 Å². The van der Waals surface area contributed by atoms with Crippen LogP contribution < -0.4 is 10.2 Å². The minimum absolute atomic E-state index is 0.238. The maximum atomic E-state index is 10.5. The Bertz CT molecular complexity index is 984. The molecule has 7 heteroatoms. The van der Waals surface area contributed by atoms with Crippen LogP contribution in [0.3, 0.4) is 0 Å². The highest BCUT2D eigenvalue weighted by atomic mass is 16.4. The zero-order chi connectivity index (χ0) is 22.8. The first-order chi connectivity index (χ1) is 15.0. The van der Waals surface area contributed by atoms with Crippen molar-refractivity contribution in [2.24, 2.45) is 7.05 Å². The maximum Gasteiger partial charge on any atom is 0.337 e. The molecule has 0 unspecified atom stereocenters. The predicted molar refractivity (Wildman–Crippen MR) is 126 cm³/mol. The number of benzene rings is 1. The quantitative estimate of drug-likeness (QED) is 0.620. The average molecular weight is 424 g/mol. The van der Waals surface area contributed by atoms with Crippen LogP contribution in [0.4, 0.5) is 17.1 Å². The number of hydrogen-bond acceptors (Lipinski definition) is 5. The molecule has 2 aromatic heterocycles. The van der Waals surface area contributed by atoms with Gasteiger partial charge in [-0.3, -0.25) is 9.67 Å². The minimum atomic E-state index is -0.947. The lowest BCUT2D eigenvalue weighted by atomic mass is 9.91. The van der Waals surface area contributed by atoms with Crippen molar-refractivity contribution in [2.75, 3.05) is 24.3 Å². The van der Waals surface area contributed by atoms with E-state index in [2.05, 4.69) is 45.5 Å². The molecule has 2 N–H and O–H groups in total. The minimum Gasteiger partial charge on any atom is -0.478 e. The number of carboxylic acid groups (broad SMARTS) is 1. The number of nitrogens with zero attached hydrogens (tertiary/aromatic N) is 4. The summed E-state index contributed by atoms with van der Waals surface area (Å²) in [5.41, 5.74) is 6.21. The normalized spacial score (nSPS) is 11.8. The van der Waals surface area contributed by atoms with Crippen LogP contribution in [0, 0.1) is 0 Å². The number of anilines is 3. The Morgan fingerprint density at radius 2 is 1.81 bits per heavy atom. The van der Waals surface area contributed by atoms with Gasteiger partial charge in [0.05, 0.1) is 29.3 Å². The molecule has 1 aliphatic rings. The molecule has 31 heavy (non-hydrogen) atoms. The zero-order valence-electron chi connectivity index (χ0n) is 19.1. The third kappa shape index (κ3) is 6.31. The van der Waals surface area contributed by atoms with Gasteiger partial charge in [0.2, 0.25) is 0 Å². The summed E-state index contributed by atoms with van der Waals surface area (Å²) in [5, 5.41) is 15.6. The lowest BCUT2D eigenvalue weighted by molar-refractivity contribution is 0.0698. The van der Waals surface area contributed by atoms with E-state index in [0.29, 0.717) is 5.69 Å². The van der Waals surface area contributed by atoms with Gasteiger partial charge in [-0.15, -0.1) is 0 Å². The number of aromatic nitrogens is 3. The van der Waals surface area contributed by atoms with E-state index >= 15 is 0 Å². The van der Waals surface area contributed by atoms with Crippen LogP contribution in [0.1, 0.15) is 48.2 Å². The van der Waals surface area contributed by atoms with Gasteiger partial charge in [0.15, 0.2) is 0 Å². The topological polar surface area (TPSA) is 83.3 Å². The second-order valence-electron chi connectivity index (χ2n) is 7.07. The van der Waals surface area contributed by atoms with E-state index in [0.717, 1.165) is 5.69 Å². The highest BCUT2D eigenvalue weighted by Crippen LogP contribution is 2.29. The summed E-state index contributed by atoms with van der Waals surface area (Å²) in [5.74, 6) is -0.947. The highest BCUT2D eigenvalue weighted by molar-refractivity contribution is 5.93. The van der Waals surface area contributed by atoms with Crippen molar-refractivity contribution in [1.82, 2.24) is 14.8 Å². The Morgan fingerprint density at radius 1 is 1.10 bits per heavy atom. The Balaban J connectivity index is 0.000000226. The van der Waals surface area contributed by atoms with Crippen molar-refractivity contribution in [3.63, 3.8) is 0 Å². The second kappa shape index (κ2) is 11.7. The molecule has 0 bridgehead atoms. The SMILES string of the molecule is CC.CN(c1ccc2c(c1)CCCC2)c1cnn(C)c1.CNc1cnccc1C(=O)O. The average Bonchev–Trinajstić information content (AvgIpc) is 3.26. The van der Waals surface area contributed by atoms with Crippen LogP contribution >= 0.6 is 0 Å². The molecule has 2 heterocycles. The van der Waals surface area contributed by atoms with Crippen molar-refractivity contribution in [1.29, 1.82) is 0 Å². The van der Waals surface area contributed by atoms with Crippen molar-refractivity contribution >= 4 is 23.0 Å². The molecule has 0 radical (unpaired) electrons. The molecule has 4 rings (SSSR count). The van der Waals surface area contributed by atoms with Crippen molar-refractivity contribution in [3.8, 4) is 0 Å². The molecule has 0 spiro atoms. The van der Waals surface area contributed by atoms with E-state index in [-0.39, 0.29) is 5.56 Å². The maximum absolute atomic E-state index is 10.5. The standard InChI is InChI=1S/C15H19N3.C7H8N2O2.C2H6/c1-17-11-15(10-16-17)18(2)14-8-7-12-5-3-4-6-13(12)9-14;1-8-6-4-9-3-2-5(6)7(10)11;1-2/h7-11H,3-6H2,1-2H3;2-4,8H,1H3,(H,10,11);1-2H3. The summed E-state index contributed by atoms with van der Waals surface area (Å²) in [7, 11) is 5.70. The number of hydrogen-bond donors (Lipinski definition) is 2. The number of nitrogens with one attached hydrogen (secondary N) is 1. The lowest BCUT2D eigenvalue weighted by Crippen LogP contribution is -2.10. The molecule has 1 aliphatic carbocycles. The van der Waals surface area contributed by atoms with Crippen molar-refractivity contribution < 1.29 is 9.90 Å². The van der Waals surface area contributed by atoms with Crippen LogP contribution in [0.5, 0.6) is 0 Å². The van der Waals surface area contributed by atoms with Gasteiger partial charge in [-0.25, -0.2) is 4.79 Å². The Morgan fingerprint density at radius 3 is 2.39 bits per heavy atom. The highest BCUT2D eigenvalue weighted by Gasteiger charge is 2.12. The number of aryl methyl sites for hydroxylation is 3. The summed E-state index contributed by atoms with van der Waals surface area (Å²) < 4.78 is 1.84. The largest absolute Gasteiger partial charge is 0.478 e. The van der Waals surface area contributed by atoms with E-state index in [1.807, 2.05) is 38.0 Å². The first kappa shape index (κ1) is 23.9. The molecular formula is C24H33N5O2. The third-order valence-electron chi connectivity index (χ3n) is 5.12. The van der Waals surface area contributed by atoms with Gasteiger partial charge in [-0.2, -0.15) is 5.10 Å². The molecule has 7 nitrogen and oxygen atoms in total. The van der Waals surface area contributed by atoms with Gasteiger partial charge in [-0.05, 0) is 55.0 Å². The number of carboxylic acids is 1. The van der Waals surface area contributed by atoms with Crippen molar-refractivity contribution in [3.05, 3.63) is 65.7 Å². The Kier molecular flexibility index (Phi) is 9.06. The molecule has 0 saturated heterocycles. The number of pyridine rings is 1. The summed E-state index contributed by atoms with van der Waals surface area (Å²) >= 11 is 0. The van der Waals surface area contributed by atoms with Crippen LogP contribution in [-0.4, -0.2) is 39.9 Å². The third-order valence-corrected chi connectivity index (χ3v) is 5.12. The van der Waals surface area contributed by atoms with E-state index in [9.17, 15) is 4.79 Å². The van der Waals surface area contributed by atoms with E-state index in [4.69, 9.17) is 5.11 Å². The van der Waals surface area contributed by atoms with Gasteiger partial charge < -0.3 is 15.3 Å². The predicted octanol–water partition coefficient (Wildman–Crippen LogP) is 4.91. The van der Waals surface area contributed by atoms with Crippen molar-refractivity contribution in [2.45, 2.75) is 39.5 Å². The Hall–Kier alpha value is -3.35. The molecule has 1 aromatic carbocycles. The summed E-state index contributed by atoms with van der Waals surface area (Å²) in [6.07, 6.45) is 12.0. The van der Waals surface area contributed by atoms with E-state index < -0.39 is 5.97 Å². The fourth-order valence-corrected chi connectivity index (χ4v) is 3.44. The molecule has 0 aliphatic heterocycles. The summed E-state index contributed by atoms with van der Waals surface area (Å²) in [6.45, 7) is 4.00. The molecule has 0 amide bonds. The van der Waals surface area contributed by atoms with Gasteiger partial charge in [0, 0.05) is 39.2 Å². The van der Waals surface area contributed by atoms with Crippen LogP contribution in [0.25, 0.3) is 0 Å².